The SMILES string of the molecule is COc1ccc2c(c1)c(/C=N/NC(=O)CC#N)c(C)n2Cc1ccccc1. The third kappa shape index (κ3) is 3.98. The number of hydrogen-bond donors (Lipinski definition) is 1. The molecule has 136 valence electrons. The van der Waals surface area contributed by atoms with Gasteiger partial charge in [0.15, 0.2) is 0 Å². The number of benzene rings is 2. The maximum absolute atomic E-state index is 11.5. The van der Waals surface area contributed by atoms with E-state index >= 15 is 0 Å². The van der Waals surface area contributed by atoms with Crippen LogP contribution in [0.25, 0.3) is 10.9 Å². The summed E-state index contributed by atoms with van der Waals surface area (Å²) < 4.78 is 7.57. The second kappa shape index (κ2) is 8.19. The van der Waals surface area contributed by atoms with Gasteiger partial charge in [-0.3, -0.25) is 4.79 Å². The fraction of sp³-hybridized carbons (Fsp3) is 0.190. The monoisotopic (exact) mass is 360 g/mol. The zero-order valence-electron chi connectivity index (χ0n) is 15.3. The van der Waals surface area contributed by atoms with Crippen molar-refractivity contribution in [3.05, 3.63) is 65.4 Å². The predicted octanol–water partition coefficient (Wildman–Crippen LogP) is 3.37. The Kier molecular flexibility index (Phi) is 5.53. The van der Waals surface area contributed by atoms with E-state index in [4.69, 9.17) is 10.00 Å². The minimum absolute atomic E-state index is 0.222. The van der Waals surface area contributed by atoms with E-state index in [1.54, 1.807) is 19.4 Å². The lowest BCUT2D eigenvalue weighted by atomic mass is 10.1. The van der Waals surface area contributed by atoms with E-state index in [2.05, 4.69) is 27.2 Å². The topological polar surface area (TPSA) is 79.4 Å². The van der Waals surface area contributed by atoms with Crippen LogP contribution in [0.15, 0.2) is 53.6 Å². The van der Waals surface area contributed by atoms with Crippen LogP contribution in [0.3, 0.4) is 0 Å². The molecule has 0 aliphatic rings. The van der Waals surface area contributed by atoms with Crippen LogP contribution in [0.5, 0.6) is 5.75 Å². The van der Waals surface area contributed by atoms with Gasteiger partial charge >= 0.3 is 0 Å². The number of nitriles is 1. The average molecular weight is 360 g/mol. The molecule has 1 heterocycles. The van der Waals surface area contributed by atoms with Gasteiger partial charge < -0.3 is 9.30 Å². The highest BCUT2D eigenvalue weighted by molar-refractivity contribution is 6.02. The number of amides is 1. The maximum atomic E-state index is 11.5. The third-order valence-electron chi connectivity index (χ3n) is 4.39. The molecule has 0 spiro atoms. The summed E-state index contributed by atoms with van der Waals surface area (Å²) in [7, 11) is 1.63. The summed E-state index contributed by atoms with van der Waals surface area (Å²) >= 11 is 0. The van der Waals surface area contributed by atoms with Gasteiger partial charge in [0.25, 0.3) is 5.91 Å². The number of methoxy groups -OCH3 is 1. The summed E-state index contributed by atoms with van der Waals surface area (Å²) in [6.45, 7) is 2.75. The largest absolute Gasteiger partial charge is 0.497 e. The summed E-state index contributed by atoms with van der Waals surface area (Å²) in [4.78, 5) is 11.5. The molecule has 0 fully saturated rings. The van der Waals surface area contributed by atoms with Gasteiger partial charge in [-0.1, -0.05) is 30.3 Å². The molecule has 0 radical (unpaired) electrons. The van der Waals surface area contributed by atoms with E-state index in [0.29, 0.717) is 0 Å². The normalized spacial score (nSPS) is 10.9. The Bertz CT molecular complexity index is 1030. The smallest absolute Gasteiger partial charge is 0.254 e. The zero-order valence-corrected chi connectivity index (χ0v) is 15.3. The first-order valence-corrected chi connectivity index (χ1v) is 8.53. The Labute approximate surface area is 157 Å². The fourth-order valence-electron chi connectivity index (χ4n) is 3.03. The number of nitrogens with one attached hydrogen (secondary N) is 1. The molecule has 0 unspecified atom stereocenters. The van der Waals surface area contributed by atoms with Crippen molar-refractivity contribution in [2.45, 2.75) is 19.9 Å². The molecule has 27 heavy (non-hydrogen) atoms. The van der Waals surface area contributed by atoms with Crippen LogP contribution >= 0.6 is 0 Å². The highest BCUT2D eigenvalue weighted by Gasteiger charge is 2.14. The quantitative estimate of drug-likeness (QED) is 0.541. The van der Waals surface area contributed by atoms with Crippen LogP contribution in [0.1, 0.15) is 23.2 Å². The third-order valence-corrected chi connectivity index (χ3v) is 4.39. The first-order valence-electron chi connectivity index (χ1n) is 8.53. The van der Waals surface area contributed by atoms with Gasteiger partial charge in [0.1, 0.15) is 12.2 Å². The minimum Gasteiger partial charge on any atom is -0.497 e. The molecule has 6 heteroatoms. The molecule has 6 nitrogen and oxygen atoms in total. The molecule has 2 aromatic carbocycles. The molecule has 0 aliphatic carbocycles. The first kappa shape index (κ1) is 18.2. The number of ether oxygens (including phenoxy) is 1. The van der Waals surface area contributed by atoms with Crippen LogP contribution < -0.4 is 10.2 Å². The Hall–Kier alpha value is -3.59. The highest BCUT2D eigenvalue weighted by atomic mass is 16.5. The van der Waals surface area contributed by atoms with E-state index in [-0.39, 0.29) is 6.42 Å². The number of rotatable bonds is 6. The van der Waals surface area contributed by atoms with Crippen molar-refractivity contribution in [1.82, 2.24) is 9.99 Å². The molecule has 1 aromatic heterocycles. The van der Waals surface area contributed by atoms with Crippen molar-refractivity contribution in [3.63, 3.8) is 0 Å². The number of aromatic nitrogens is 1. The first-order chi connectivity index (χ1) is 13.1. The van der Waals surface area contributed by atoms with Crippen LogP contribution in [0.2, 0.25) is 0 Å². The Morgan fingerprint density at radius 3 is 2.78 bits per heavy atom. The molecule has 1 amide bonds. The van der Waals surface area contributed by atoms with Gasteiger partial charge in [0.05, 0.1) is 19.4 Å². The zero-order chi connectivity index (χ0) is 19.2. The molecule has 0 atom stereocenters. The molecule has 3 aromatic rings. The number of carbonyl (C=O) groups excluding carboxylic acids is 1. The minimum atomic E-state index is -0.433. The maximum Gasteiger partial charge on any atom is 0.254 e. The van der Waals surface area contributed by atoms with Crippen molar-refractivity contribution < 1.29 is 9.53 Å². The van der Waals surface area contributed by atoms with Crippen LogP contribution in [0, 0.1) is 18.3 Å². The summed E-state index contributed by atoms with van der Waals surface area (Å²) in [6.07, 6.45) is 1.40. The summed E-state index contributed by atoms with van der Waals surface area (Å²) in [5, 5.41) is 13.6. The molecular weight excluding hydrogens is 340 g/mol. The van der Waals surface area contributed by atoms with E-state index < -0.39 is 5.91 Å². The van der Waals surface area contributed by atoms with Gasteiger partial charge in [0, 0.05) is 28.7 Å². The van der Waals surface area contributed by atoms with E-state index in [1.165, 1.54) is 5.56 Å². The number of hydrogen-bond acceptors (Lipinski definition) is 4. The lowest BCUT2D eigenvalue weighted by Crippen LogP contribution is -2.16. The number of hydrazone groups is 1. The van der Waals surface area contributed by atoms with Crippen LogP contribution in [-0.2, 0) is 11.3 Å². The van der Waals surface area contributed by atoms with Gasteiger partial charge in [-0.25, -0.2) is 5.43 Å². The molecule has 0 saturated carbocycles. The van der Waals surface area contributed by atoms with Crippen molar-refractivity contribution in [3.8, 4) is 11.8 Å². The number of carbonyl (C=O) groups is 1. The Morgan fingerprint density at radius 2 is 2.07 bits per heavy atom. The summed E-state index contributed by atoms with van der Waals surface area (Å²) in [5.41, 5.74) is 6.56. The molecular formula is C21H20N4O2. The van der Waals surface area contributed by atoms with Crippen LogP contribution in [-0.4, -0.2) is 23.8 Å². The lowest BCUT2D eigenvalue weighted by Gasteiger charge is -2.09. The van der Waals surface area contributed by atoms with Crippen molar-refractivity contribution in [1.29, 1.82) is 5.26 Å². The number of fused-ring (bicyclic) bond motifs is 1. The van der Waals surface area contributed by atoms with Gasteiger partial charge in [-0.15, -0.1) is 0 Å². The Morgan fingerprint density at radius 1 is 1.30 bits per heavy atom. The predicted molar refractivity (Wildman–Crippen MR) is 105 cm³/mol. The van der Waals surface area contributed by atoms with Gasteiger partial charge in [-0.2, -0.15) is 10.4 Å². The molecule has 3 rings (SSSR count). The second-order valence-corrected chi connectivity index (χ2v) is 6.08. The fourth-order valence-corrected chi connectivity index (χ4v) is 3.03. The van der Waals surface area contributed by atoms with Crippen molar-refractivity contribution >= 4 is 23.0 Å². The molecule has 1 N–H and O–H groups in total. The van der Waals surface area contributed by atoms with Crippen molar-refractivity contribution in [2.75, 3.05) is 7.11 Å². The standard InChI is InChI=1S/C21H20N4O2/c1-15-19(13-23-24-21(26)10-11-22)18-12-17(27-2)8-9-20(18)25(15)14-16-6-4-3-5-7-16/h3-9,12-13H,10,14H2,1-2H3,(H,24,26)/b23-13+. The molecule has 0 bridgehead atoms. The number of nitrogens with zero attached hydrogens (tertiary/aromatic N) is 3. The lowest BCUT2D eigenvalue weighted by molar-refractivity contribution is -0.120. The second-order valence-electron chi connectivity index (χ2n) is 6.08. The van der Waals surface area contributed by atoms with Gasteiger partial charge in [-0.05, 0) is 30.7 Å². The van der Waals surface area contributed by atoms with Crippen molar-refractivity contribution in [2.24, 2.45) is 5.10 Å². The van der Waals surface area contributed by atoms with E-state index in [9.17, 15) is 4.79 Å². The molecule has 0 saturated heterocycles. The molecule has 0 aliphatic heterocycles. The van der Waals surface area contributed by atoms with E-state index in [0.717, 1.165) is 34.5 Å². The average Bonchev–Trinajstić information content (AvgIpc) is 2.94. The van der Waals surface area contributed by atoms with Gasteiger partial charge in [0.2, 0.25) is 0 Å². The highest BCUT2D eigenvalue weighted by Crippen LogP contribution is 2.29. The Balaban J connectivity index is 2.03. The summed E-state index contributed by atoms with van der Waals surface area (Å²) in [5.74, 6) is 0.319. The van der Waals surface area contributed by atoms with Crippen LogP contribution in [0.4, 0.5) is 0 Å². The summed E-state index contributed by atoms with van der Waals surface area (Å²) in [6, 6.07) is 17.9. The van der Waals surface area contributed by atoms with E-state index in [1.807, 2.05) is 43.3 Å².